The molecule has 0 N–H and O–H groups in total. The van der Waals surface area contributed by atoms with Gasteiger partial charge < -0.3 is 14.2 Å². The van der Waals surface area contributed by atoms with Crippen molar-refractivity contribution in [1.29, 1.82) is 0 Å². The quantitative estimate of drug-likeness (QED) is 0.157. The molecule has 0 fully saturated rings. The second-order valence-electron chi connectivity index (χ2n) is 8.26. The van der Waals surface area contributed by atoms with E-state index in [0.29, 0.717) is 19.8 Å². The summed E-state index contributed by atoms with van der Waals surface area (Å²) >= 11 is 0. The third-order valence-corrected chi connectivity index (χ3v) is 5.51. The Balaban J connectivity index is 2.12. The first-order valence-electron chi connectivity index (χ1n) is 12.7. The van der Waals surface area contributed by atoms with Crippen LogP contribution in [0.15, 0.2) is 24.3 Å². The number of unbranched alkanes of at least 4 members (excludes halogenated alkanes) is 12. The van der Waals surface area contributed by atoms with Gasteiger partial charge in [0.25, 0.3) is 0 Å². The zero-order valence-corrected chi connectivity index (χ0v) is 20.4. The van der Waals surface area contributed by atoms with E-state index in [4.69, 9.17) is 14.2 Å². The molecule has 32 heavy (non-hydrogen) atoms. The van der Waals surface area contributed by atoms with Gasteiger partial charge in [-0.05, 0) is 25.5 Å². The molecule has 0 aliphatic carbocycles. The van der Waals surface area contributed by atoms with Crippen LogP contribution in [0.1, 0.15) is 118 Å². The zero-order chi connectivity index (χ0) is 23.3. The van der Waals surface area contributed by atoms with Crippen LogP contribution in [-0.4, -0.2) is 38.4 Å². The topological polar surface area (TPSA) is 61.8 Å². The molecule has 0 aliphatic rings. The molecular formula is C27H44O5. The van der Waals surface area contributed by atoms with E-state index in [1.165, 1.54) is 70.6 Å². The summed E-state index contributed by atoms with van der Waals surface area (Å²) in [5.41, 5.74) is 0.489. The Morgan fingerprint density at radius 2 is 1.03 bits per heavy atom. The lowest BCUT2D eigenvalue weighted by molar-refractivity contribution is 0.0325. The molecule has 5 heteroatoms. The van der Waals surface area contributed by atoms with Crippen molar-refractivity contribution in [2.75, 3.05) is 26.4 Å². The minimum absolute atomic E-state index is 0.162. The van der Waals surface area contributed by atoms with Gasteiger partial charge in [0.15, 0.2) is 0 Å². The molecule has 5 nitrogen and oxygen atoms in total. The predicted octanol–water partition coefficient (Wildman–Crippen LogP) is 7.13. The molecule has 0 spiro atoms. The van der Waals surface area contributed by atoms with Crippen molar-refractivity contribution >= 4 is 11.9 Å². The summed E-state index contributed by atoms with van der Waals surface area (Å²) < 4.78 is 15.7. The molecule has 0 saturated carbocycles. The van der Waals surface area contributed by atoms with Crippen molar-refractivity contribution in [2.45, 2.75) is 97.3 Å². The number of ether oxygens (including phenoxy) is 3. The van der Waals surface area contributed by atoms with Gasteiger partial charge in [-0.25, -0.2) is 9.59 Å². The fourth-order valence-electron chi connectivity index (χ4n) is 3.62. The highest BCUT2D eigenvalue weighted by atomic mass is 16.6. The predicted molar refractivity (Wildman–Crippen MR) is 129 cm³/mol. The van der Waals surface area contributed by atoms with Crippen LogP contribution in [0.25, 0.3) is 0 Å². The van der Waals surface area contributed by atoms with Crippen molar-refractivity contribution in [3.05, 3.63) is 35.4 Å². The molecule has 0 unspecified atom stereocenters. The number of rotatable bonds is 20. The lowest BCUT2D eigenvalue weighted by atomic mass is 10.0. The number of hydrogen-bond donors (Lipinski definition) is 0. The molecule has 0 aliphatic heterocycles. The van der Waals surface area contributed by atoms with Crippen molar-refractivity contribution in [3.8, 4) is 0 Å². The summed E-state index contributed by atoms with van der Waals surface area (Å²) in [4.78, 5) is 24.7. The van der Waals surface area contributed by atoms with Crippen molar-refractivity contribution in [3.63, 3.8) is 0 Å². The Kier molecular flexibility index (Phi) is 17.4. The Morgan fingerprint density at radius 1 is 0.594 bits per heavy atom. The number of hydrogen-bond acceptors (Lipinski definition) is 5. The molecule has 0 radical (unpaired) electrons. The third-order valence-electron chi connectivity index (χ3n) is 5.51. The first-order chi connectivity index (χ1) is 15.7. The van der Waals surface area contributed by atoms with Crippen molar-refractivity contribution < 1.29 is 23.8 Å². The first kappa shape index (κ1) is 28.2. The van der Waals surface area contributed by atoms with Crippen LogP contribution < -0.4 is 0 Å². The van der Waals surface area contributed by atoms with E-state index in [1.807, 2.05) is 6.92 Å². The molecular weight excluding hydrogens is 404 g/mol. The first-order valence-corrected chi connectivity index (χ1v) is 12.7. The summed E-state index contributed by atoms with van der Waals surface area (Å²) in [7, 11) is 0. The van der Waals surface area contributed by atoms with Crippen LogP contribution >= 0.6 is 0 Å². The number of esters is 2. The molecule has 0 heterocycles. The summed E-state index contributed by atoms with van der Waals surface area (Å²) in [6, 6.07) is 6.62. The van der Waals surface area contributed by atoms with E-state index in [9.17, 15) is 9.59 Å². The van der Waals surface area contributed by atoms with Crippen LogP contribution in [-0.2, 0) is 14.2 Å². The van der Waals surface area contributed by atoms with Crippen molar-refractivity contribution in [2.24, 2.45) is 0 Å². The zero-order valence-electron chi connectivity index (χ0n) is 20.4. The molecule has 0 amide bonds. The summed E-state index contributed by atoms with van der Waals surface area (Å²) in [5, 5.41) is 0. The van der Waals surface area contributed by atoms with Gasteiger partial charge in [-0.1, -0.05) is 96.1 Å². The molecule has 0 saturated heterocycles. The SMILES string of the molecule is CCCCCCCCCCCCCCCOC(=O)c1ccccc1C(=O)OCCOCC. The van der Waals surface area contributed by atoms with Crippen LogP contribution in [0.4, 0.5) is 0 Å². The van der Waals surface area contributed by atoms with E-state index in [0.717, 1.165) is 12.8 Å². The number of carbonyl (C=O) groups is 2. The fraction of sp³-hybridized carbons (Fsp3) is 0.704. The van der Waals surface area contributed by atoms with Gasteiger partial charge in [-0.2, -0.15) is 0 Å². The van der Waals surface area contributed by atoms with Gasteiger partial charge in [-0.15, -0.1) is 0 Å². The summed E-state index contributed by atoms with van der Waals surface area (Å²) in [6.45, 7) is 5.59. The maximum Gasteiger partial charge on any atom is 0.339 e. The highest BCUT2D eigenvalue weighted by Crippen LogP contribution is 2.14. The number of benzene rings is 1. The lowest BCUT2D eigenvalue weighted by Gasteiger charge is -2.10. The summed E-state index contributed by atoms with van der Waals surface area (Å²) in [5.74, 6) is -1.00. The van der Waals surface area contributed by atoms with Crippen LogP contribution in [0.5, 0.6) is 0 Å². The van der Waals surface area contributed by atoms with Crippen molar-refractivity contribution in [1.82, 2.24) is 0 Å². The Bertz CT molecular complexity index is 614. The van der Waals surface area contributed by atoms with E-state index < -0.39 is 11.9 Å². The smallest absolute Gasteiger partial charge is 0.339 e. The molecule has 0 atom stereocenters. The van der Waals surface area contributed by atoms with Gasteiger partial charge in [0.1, 0.15) is 6.61 Å². The van der Waals surface area contributed by atoms with Gasteiger partial charge >= 0.3 is 11.9 Å². The van der Waals surface area contributed by atoms with Crippen LogP contribution in [0.3, 0.4) is 0 Å². The molecule has 1 aromatic rings. The van der Waals surface area contributed by atoms with Gasteiger partial charge in [0, 0.05) is 6.61 Å². The minimum atomic E-state index is -0.529. The Hall–Kier alpha value is -1.88. The largest absolute Gasteiger partial charge is 0.462 e. The monoisotopic (exact) mass is 448 g/mol. The molecule has 1 aromatic carbocycles. The minimum Gasteiger partial charge on any atom is -0.462 e. The highest BCUT2D eigenvalue weighted by Gasteiger charge is 2.18. The van der Waals surface area contributed by atoms with Gasteiger partial charge in [0.2, 0.25) is 0 Å². The van der Waals surface area contributed by atoms with Gasteiger partial charge in [-0.3, -0.25) is 0 Å². The maximum absolute atomic E-state index is 12.4. The van der Waals surface area contributed by atoms with E-state index in [2.05, 4.69) is 6.92 Å². The molecule has 1 rings (SSSR count). The maximum atomic E-state index is 12.4. The molecule has 182 valence electrons. The Morgan fingerprint density at radius 3 is 1.50 bits per heavy atom. The Labute approximate surface area is 195 Å². The highest BCUT2D eigenvalue weighted by molar-refractivity contribution is 6.03. The van der Waals surface area contributed by atoms with E-state index in [1.54, 1.807) is 24.3 Å². The van der Waals surface area contributed by atoms with Gasteiger partial charge in [0.05, 0.1) is 24.3 Å². The molecule has 0 aromatic heterocycles. The van der Waals surface area contributed by atoms with Crippen LogP contribution in [0, 0.1) is 0 Å². The van der Waals surface area contributed by atoms with E-state index in [-0.39, 0.29) is 17.7 Å². The standard InChI is InChI=1S/C27H44O5/c1-3-5-6-7-8-9-10-11-12-13-14-15-18-21-31-26(28)24-19-16-17-20-25(24)27(29)32-23-22-30-4-2/h16-17,19-20H,3-15,18,21-23H2,1-2H3. The van der Waals surface area contributed by atoms with Crippen LogP contribution in [0.2, 0.25) is 0 Å². The lowest BCUT2D eigenvalue weighted by Crippen LogP contribution is -2.16. The fourth-order valence-corrected chi connectivity index (χ4v) is 3.62. The third kappa shape index (κ3) is 13.5. The second kappa shape index (κ2) is 19.8. The second-order valence-corrected chi connectivity index (χ2v) is 8.26. The van der Waals surface area contributed by atoms with E-state index >= 15 is 0 Å². The number of carbonyl (C=O) groups excluding carboxylic acids is 2. The molecule has 0 bridgehead atoms. The normalized spacial score (nSPS) is 10.8. The summed E-state index contributed by atoms with van der Waals surface area (Å²) in [6.07, 6.45) is 16.6. The average molecular weight is 449 g/mol. The average Bonchev–Trinajstić information content (AvgIpc) is 2.81.